The Balaban J connectivity index is 0.00000161. The number of benzene rings is 1. The number of nitrogens with zero attached hydrogens (tertiary/aromatic N) is 1. The van der Waals surface area contributed by atoms with E-state index >= 15 is 0 Å². The summed E-state index contributed by atoms with van der Waals surface area (Å²) in [4.78, 5) is 2.76. The first-order chi connectivity index (χ1) is 9.75. The molecule has 3 heteroatoms. The first kappa shape index (κ1) is 16.8. The molecule has 2 aliphatic rings. The predicted octanol–water partition coefficient (Wildman–Crippen LogP) is 3.86. The lowest BCUT2D eigenvalue weighted by molar-refractivity contribution is 0.192. The largest absolute Gasteiger partial charge is 0.317 e. The zero-order valence-electron chi connectivity index (χ0n) is 13.4. The zero-order valence-corrected chi connectivity index (χ0v) is 14.2. The van der Waals surface area contributed by atoms with E-state index < -0.39 is 0 Å². The maximum absolute atomic E-state index is 3.48. The number of halogens is 1. The van der Waals surface area contributed by atoms with Crippen LogP contribution in [-0.2, 0) is 0 Å². The predicted molar refractivity (Wildman–Crippen MR) is 92.3 cm³/mol. The minimum Gasteiger partial charge on any atom is -0.317 e. The van der Waals surface area contributed by atoms with Gasteiger partial charge in [-0.1, -0.05) is 18.2 Å². The average molecular weight is 309 g/mol. The highest BCUT2D eigenvalue weighted by atomic mass is 35.5. The summed E-state index contributed by atoms with van der Waals surface area (Å²) in [6.07, 6.45) is 5.42. The van der Waals surface area contributed by atoms with E-state index in [0.717, 1.165) is 5.92 Å². The van der Waals surface area contributed by atoms with Gasteiger partial charge in [-0.15, -0.1) is 12.4 Å². The summed E-state index contributed by atoms with van der Waals surface area (Å²) in [6, 6.07) is 7.50. The molecule has 2 saturated heterocycles. The second-order valence-electron chi connectivity index (χ2n) is 6.64. The van der Waals surface area contributed by atoms with E-state index in [9.17, 15) is 0 Å². The van der Waals surface area contributed by atoms with Gasteiger partial charge in [0.25, 0.3) is 0 Å². The molecule has 0 bridgehead atoms. The van der Waals surface area contributed by atoms with Gasteiger partial charge in [0.15, 0.2) is 0 Å². The summed E-state index contributed by atoms with van der Waals surface area (Å²) in [7, 11) is 0. The highest BCUT2D eigenvalue weighted by Gasteiger charge is 2.29. The van der Waals surface area contributed by atoms with Crippen LogP contribution in [0.25, 0.3) is 0 Å². The van der Waals surface area contributed by atoms with Crippen LogP contribution in [-0.4, -0.2) is 31.1 Å². The third kappa shape index (κ3) is 3.80. The van der Waals surface area contributed by atoms with Crippen molar-refractivity contribution in [2.45, 2.75) is 45.6 Å². The Labute approximate surface area is 135 Å². The lowest BCUT2D eigenvalue weighted by atomic mass is 9.94. The van der Waals surface area contributed by atoms with E-state index in [1.165, 1.54) is 63.0 Å². The van der Waals surface area contributed by atoms with Crippen LogP contribution in [0.5, 0.6) is 0 Å². The second kappa shape index (κ2) is 7.62. The van der Waals surface area contributed by atoms with E-state index in [1.54, 1.807) is 5.56 Å². The molecule has 3 rings (SSSR count). The number of nitrogens with one attached hydrogen (secondary N) is 1. The van der Waals surface area contributed by atoms with Gasteiger partial charge in [-0.25, -0.2) is 0 Å². The normalized spacial score (nSPS) is 24.0. The molecular formula is C18H29ClN2. The van der Waals surface area contributed by atoms with Crippen LogP contribution >= 0.6 is 12.4 Å². The molecule has 0 aromatic heterocycles. The van der Waals surface area contributed by atoms with Crippen molar-refractivity contribution >= 4 is 12.4 Å². The van der Waals surface area contributed by atoms with Crippen LogP contribution in [0.3, 0.4) is 0 Å². The minimum atomic E-state index is 0. The Morgan fingerprint density at radius 1 is 1.14 bits per heavy atom. The standard InChI is InChI=1S/C18H28N2.ClH/c1-14-5-3-6-17(15(14)2)18-7-4-12-20(18)13-16-8-10-19-11-9-16;/h3,5-6,16,18-19H,4,7-13H2,1-2H3;1H. The molecule has 1 unspecified atom stereocenters. The summed E-state index contributed by atoms with van der Waals surface area (Å²) >= 11 is 0. The van der Waals surface area contributed by atoms with Gasteiger partial charge in [-0.3, -0.25) is 4.90 Å². The molecule has 2 aliphatic heterocycles. The fourth-order valence-electron chi connectivity index (χ4n) is 3.93. The molecule has 1 atom stereocenters. The fourth-order valence-corrected chi connectivity index (χ4v) is 3.93. The van der Waals surface area contributed by atoms with Gasteiger partial charge < -0.3 is 5.32 Å². The third-order valence-corrected chi connectivity index (χ3v) is 5.32. The van der Waals surface area contributed by atoms with Gasteiger partial charge >= 0.3 is 0 Å². The smallest absolute Gasteiger partial charge is 0.0351 e. The first-order valence-corrected chi connectivity index (χ1v) is 8.26. The summed E-state index contributed by atoms with van der Waals surface area (Å²) in [6.45, 7) is 9.57. The number of hydrogen-bond donors (Lipinski definition) is 1. The molecule has 0 saturated carbocycles. The molecule has 0 spiro atoms. The summed E-state index contributed by atoms with van der Waals surface area (Å²) < 4.78 is 0. The van der Waals surface area contributed by atoms with Crippen LogP contribution < -0.4 is 5.32 Å². The third-order valence-electron chi connectivity index (χ3n) is 5.32. The molecule has 1 aromatic rings. The van der Waals surface area contributed by atoms with E-state index in [0.29, 0.717) is 6.04 Å². The maximum atomic E-state index is 3.48. The molecule has 0 radical (unpaired) electrons. The lowest BCUT2D eigenvalue weighted by Crippen LogP contribution is -2.36. The summed E-state index contributed by atoms with van der Waals surface area (Å²) in [5.74, 6) is 0.905. The van der Waals surface area contributed by atoms with Crippen molar-refractivity contribution in [1.82, 2.24) is 10.2 Å². The van der Waals surface area contributed by atoms with Crippen LogP contribution in [0.1, 0.15) is 48.4 Å². The van der Waals surface area contributed by atoms with Crippen LogP contribution in [0.15, 0.2) is 18.2 Å². The summed E-state index contributed by atoms with van der Waals surface area (Å²) in [5, 5.41) is 3.48. The van der Waals surface area contributed by atoms with Gasteiger partial charge in [0.05, 0.1) is 0 Å². The van der Waals surface area contributed by atoms with Gasteiger partial charge in [0.1, 0.15) is 0 Å². The monoisotopic (exact) mass is 308 g/mol. The van der Waals surface area contributed by atoms with Crippen molar-refractivity contribution in [3.63, 3.8) is 0 Å². The first-order valence-electron chi connectivity index (χ1n) is 8.26. The minimum absolute atomic E-state index is 0. The molecular weight excluding hydrogens is 280 g/mol. The molecule has 2 nitrogen and oxygen atoms in total. The molecule has 1 aromatic carbocycles. The van der Waals surface area contributed by atoms with Gasteiger partial charge in [-0.05, 0) is 81.8 Å². The number of rotatable bonds is 3. The molecule has 2 heterocycles. The van der Waals surface area contributed by atoms with Gasteiger partial charge in [0.2, 0.25) is 0 Å². The van der Waals surface area contributed by atoms with Crippen molar-refractivity contribution < 1.29 is 0 Å². The van der Waals surface area contributed by atoms with E-state index in [4.69, 9.17) is 0 Å². The van der Waals surface area contributed by atoms with Crippen molar-refractivity contribution in [1.29, 1.82) is 0 Å². The highest BCUT2D eigenvalue weighted by molar-refractivity contribution is 5.85. The van der Waals surface area contributed by atoms with Crippen molar-refractivity contribution in [3.05, 3.63) is 34.9 Å². The molecule has 1 N–H and O–H groups in total. The van der Waals surface area contributed by atoms with Gasteiger partial charge in [0, 0.05) is 12.6 Å². The Hall–Kier alpha value is -0.570. The molecule has 2 fully saturated rings. The quantitative estimate of drug-likeness (QED) is 0.912. The number of piperidine rings is 1. The Morgan fingerprint density at radius 3 is 2.67 bits per heavy atom. The van der Waals surface area contributed by atoms with Crippen molar-refractivity contribution in [3.8, 4) is 0 Å². The lowest BCUT2D eigenvalue weighted by Gasteiger charge is -2.32. The number of hydrogen-bond acceptors (Lipinski definition) is 2. The molecule has 0 aliphatic carbocycles. The highest BCUT2D eigenvalue weighted by Crippen LogP contribution is 2.35. The average Bonchev–Trinajstić information content (AvgIpc) is 2.91. The molecule has 118 valence electrons. The molecule has 0 amide bonds. The van der Waals surface area contributed by atoms with Crippen LogP contribution in [0.2, 0.25) is 0 Å². The molecule has 21 heavy (non-hydrogen) atoms. The number of aryl methyl sites for hydroxylation is 1. The van der Waals surface area contributed by atoms with E-state index in [1.807, 2.05) is 0 Å². The Morgan fingerprint density at radius 2 is 1.90 bits per heavy atom. The summed E-state index contributed by atoms with van der Waals surface area (Å²) in [5.41, 5.74) is 4.53. The van der Waals surface area contributed by atoms with E-state index in [2.05, 4.69) is 42.3 Å². The number of likely N-dealkylation sites (tertiary alicyclic amines) is 1. The van der Waals surface area contributed by atoms with Crippen LogP contribution in [0.4, 0.5) is 0 Å². The fraction of sp³-hybridized carbons (Fsp3) is 0.667. The maximum Gasteiger partial charge on any atom is 0.0351 e. The Bertz CT molecular complexity index is 455. The van der Waals surface area contributed by atoms with Crippen molar-refractivity contribution in [2.24, 2.45) is 5.92 Å². The van der Waals surface area contributed by atoms with Crippen molar-refractivity contribution in [2.75, 3.05) is 26.2 Å². The topological polar surface area (TPSA) is 15.3 Å². The van der Waals surface area contributed by atoms with E-state index in [-0.39, 0.29) is 12.4 Å². The van der Waals surface area contributed by atoms with Gasteiger partial charge in [-0.2, -0.15) is 0 Å². The Kier molecular flexibility index (Phi) is 6.09. The SMILES string of the molecule is Cc1cccc(C2CCCN2CC2CCNCC2)c1C.Cl. The van der Waals surface area contributed by atoms with Crippen LogP contribution in [0, 0.1) is 19.8 Å². The zero-order chi connectivity index (χ0) is 13.9. The second-order valence-corrected chi connectivity index (χ2v) is 6.64.